The van der Waals surface area contributed by atoms with E-state index in [4.69, 9.17) is 0 Å². The van der Waals surface area contributed by atoms with Gasteiger partial charge in [0.05, 0.1) is 9.80 Å². The Kier molecular flexibility index (Phi) is 5.39. The van der Waals surface area contributed by atoms with E-state index in [0.717, 1.165) is 16.7 Å². The van der Waals surface area contributed by atoms with Crippen molar-refractivity contribution in [2.75, 3.05) is 0 Å². The van der Waals surface area contributed by atoms with Crippen molar-refractivity contribution in [3.8, 4) is 11.1 Å². The minimum Gasteiger partial charge on any atom is -0.219 e. The van der Waals surface area contributed by atoms with Gasteiger partial charge in [-0.3, -0.25) is 0 Å². The summed E-state index contributed by atoms with van der Waals surface area (Å²) >= 11 is 2.17. The van der Waals surface area contributed by atoms with Gasteiger partial charge >= 0.3 is 0 Å². The fraction of sp³-hybridized carbons (Fsp3) is 0.0476. The molecule has 0 fully saturated rings. The molecule has 3 aromatic rings. The normalized spacial score (nSPS) is 11.2. The summed E-state index contributed by atoms with van der Waals surface area (Å²) in [5.74, 6) is 0. The molecule has 126 valence electrons. The molecule has 2 nitrogen and oxygen atoms in total. The van der Waals surface area contributed by atoms with E-state index in [-0.39, 0.29) is 4.91 Å². The number of halogens is 1. The maximum absolute atomic E-state index is 13.0. The molecule has 4 heteroatoms. The number of rotatable bonds is 5. The van der Waals surface area contributed by atoms with E-state index >= 15 is 0 Å². The lowest BCUT2D eigenvalue weighted by Crippen LogP contribution is -2.06. The first-order valence-corrected chi connectivity index (χ1v) is 10.8. The molecule has 0 spiro atoms. The number of sulfone groups is 1. The number of alkyl halides is 1. The van der Waals surface area contributed by atoms with E-state index in [2.05, 4.69) is 29.2 Å². The zero-order valence-electron chi connectivity index (χ0n) is 13.5. The van der Waals surface area contributed by atoms with Crippen molar-refractivity contribution < 1.29 is 8.42 Å². The Balaban J connectivity index is 1.95. The summed E-state index contributed by atoms with van der Waals surface area (Å²) in [7, 11) is -3.61. The van der Waals surface area contributed by atoms with Gasteiger partial charge in [0.25, 0.3) is 0 Å². The molecule has 0 aliphatic carbocycles. The second-order valence-corrected chi connectivity index (χ2v) is 8.31. The smallest absolute Gasteiger partial charge is 0.206 e. The van der Waals surface area contributed by atoms with E-state index in [1.165, 1.54) is 0 Å². The molecule has 0 radical (unpaired) electrons. The first-order valence-electron chi connectivity index (χ1n) is 7.78. The van der Waals surface area contributed by atoms with Crippen LogP contribution in [0.4, 0.5) is 0 Å². The van der Waals surface area contributed by atoms with Gasteiger partial charge in [0.2, 0.25) is 9.84 Å². The van der Waals surface area contributed by atoms with Crippen LogP contribution in [0.3, 0.4) is 0 Å². The van der Waals surface area contributed by atoms with E-state index in [0.29, 0.717) is 14.9 Å². The highest BCUT2D eigenvalue weighted by molar-refractivity contribution is 14.1. The predicted molar refractivity (Wildman–Crippen MR) is 112 cm³/mol. The van der Waals surface area contributed by atoms with Crippen LogP contribution in [-0.4, -0.2) is 8.42 Å². The summed E-state index contributed by atoms with van der Waals surface area (Å²) in [4.78, 5) is 0.464. The van der Waals surface area contributed by atoms with Crippen LogP contribution in [-0.2, 0) is 14.3 Å². The predicted octanol–water partition coefficient (Wildman–Crippen LogP) is 5.73. The lowest BCUT2D eigenvalue weighted by molar-refractivity contribution is 0.605. The first kappa shape index (κ1) is 17.9. The van der Waals surface area contributed by atoms with Gasteiger partial charge in [-0.05, 0) is 28.3 Å². The van der Waals surface area contributed by atoms with E-state index in [9.17, 15) is 8.42 Å². The van der Waals surface area contributed by atoms with Crippen molar-refractivity contribution >= 4 is 37.3 Å². The van der Waals surface area contributed by atoms with Gasteiger partial charge in [-0.2, -0.15) is 0 Å². The molecular formula is C21H17IO2S. The molecule has 0 bridgehead atoms. The largest absolute Gasteiger partial charge is 0.219 e. The quantitative estimate of drug-likeness (QED) is 0.360. The van der Waals surface area contributed by atoms with Crippen LogP contribution in [0.25, 0.3) is 16.0 Å². The molecule has 3 aromatic carbocycles. The summed E-state index contributed by atoms with van der Waals surface area (Å²) in [6.07, 6.45) is 0. The van der Waals surface area contributed by atoms with Gasteiger partial charge in [-0.1, -0.05) is 102 Å². The summed E-state index contributed by atoms with van der Waals surface area (Å²) in [5.41, 5.74) is 3.55. The molecule has 0 aliphatic rings. The lowest BCUT2D eigenvalue weighted by atomic mass is 10.0. The Labute approximate surface area is 162 Å². The average Bonchev–Trinajstić information content (AvgIpc) is 2.68. The second-order valence-electron chi connectivity index (χ2n) is 5.61. The van der Waals surface area contributed by atoms with Gasteiger partial charge in [0, 0.05) is 4.43 Å². The molecule has 0 atom stereocenters. The highest BCUT2D eigenvalue weighted by Crippen LogP contribution is 2.30. The van der Waals surface area contributed by atoms with Gasteiger partial charge in [0.15, 0.2) is 0 Å². The summed E-state index contributed by atoms with van der Waals surface area (Å²) in [5, 5.41) is 0. The molecule has 0 heterocycles. The molecule has 3 rings (SSSR count). The van der Waals surface area contributed by atoms with Crippen LogP contribution in [0.15, 0.2) is 90.3 Å². The molecule has 0 saturated carbocycles. The average molecular weight is 460 g/mol. The zero-order chi connectivity index (χ0) is 17.9. The Morgan fingerprint density at radius 1 is 0.800 bits per heavy atom. The van der Waals surface area contributed by atoms with Crippen molar-refractivity contribution in [1.29, 1.82) is 0 Å². The molecule has 0 N–H and O–H groups in total. The van der Waals surface area contributed by atoms with Crippen LogP contribution in [0, 0.1) is 0 Å². The van der Waals surface area contributed by atoms with Gasteiger partial charge in [-0.15, -0.1) is 0 Å². The highest BCUT2D eigenvalue weighted by Gasteiger charge is 2.22. The number of benzene rings is 3. The van der Waals surface area contributed by atoms with Gasteiger partial charge in [0.1, 0.15) is 0 Å². The van der Waals surface area contributed by atoms with Crippen molar-refractivity contribution in [2.24, 2.45) is 0 Å². The monoisotopic (exact) mass is 460 g/mol. The maximum Gasteiger partial charge on any atom is 0.206 e. The molecular weight excluding hydrogens is 443 g/mol. The SMILES string of the molecule is C=C(c1ccc(-c2ccccc2)cc1)S(=O)(=O)c1ccccc1CI. The van der Waals surface area contributed by atoms with E-state index < -0.39 is 9.84 Å². The topological polar surface area (TPSA) is 34.1 Å². The molecule has 0 aromatic heterocycles. The highest BCUT2D eigenvalue weighted by atomic mass is 127. The Morgan fingerprint density at radius 2 is 1.36 bits per heavy atom. The van der Waals surface area contributed by atoms with Crippen LogP contribution < -0.4 is 0 Å². The number of hydrogen-bond acceptors (Lipinski definition) is 2. The minimum absolute atomic E-state index is 0.129. The Hall–Kier alpha value is -1.92. The summed E-state index contributed by atoms with van der Waals surface area (Å²) in [6.45, 7) is 3.86. The van der Waals surface area contributed by atoms with E-state index in [1.807, 2.05) is 66.7 Å². The summed E-state index contributed by atoms with van der Waals surface area (Å²) in [6, 6.07) is 24.5. The lowest BCUT2D eigenvalue weighted by Gasteiger charge is -2.12. The fourth-order valence-corrected chi connectivity index (χ4v) is 5.02. The third kappa shape index (κ3) is 3.70. The van der Waals surface area contributed by atoms with Gasteiger partial charge in [-0.25, -0.2) is 8.42 Å². The van der Waals surface area contributed by atoms with E-state index in [1.54, 1.807) is 12.1 Å². The molecule has 0 saturated heterocycles. The zero-order valence-corrected chi connectivity index (χ0v) is 16.5. The van der Waals surface area contributed by atoms with Crippen LogP contribution in [0.1, 0.15) is 11.1 Å². The van der Waals surface area contributed by atoms with Gasteiger partial charge < -0.3 is 0 Å². The summed E-state index contributed by atoms with van der Waals surface area (Å²) < 4.78 is 26.6. The molecule has 0 aliphatic heterocycles. The number of hydrogen-bond donors (Lipinski definition) is 0. The fourth-order valence-electron chi connectivity index (χ4n) is 2.64. The van der Waals surface area contributed by atoms with Crippen molar-refractivity contribution in [3.63, 3.8) is 0 Å². The first-order chi connectivity index (χ1) is 12.0. The van der Waals surface area contributed by atoms with Crippen LogP contribution in [0.2, 0.25) is 0 Å². The second kappa shape index (κ2) is 7.54. The molecule has 0 amide bonds. The third-order valence-corrected chi connectivity index (χ3v) is 6.73. The Bertz CT molecular complexity index is 992. The molecule has 0 unspecified atom stereocenters. The maximum atomic E-state index is 13.0. The van der Waals surface area contributed by atoms with Crippen LogP contribution >= 0.6 is 22.6 Å². The molecule has 25 heavy (non-hydrogen) atoms. The van der Waals surface area contributed by atoms with Crippen LogP contribution in [0.5, 0.6) is 0 Å². The van der Waals surface area contributed by atoms with Crippen molar-refractivity contribution in [2.45, 2.75) is 9.32 Å². The van der Waals surface area contributed by atoms with Crippen molar-refractivity contribution in [3.05, 3.63) is 96.6 Å². The Morgan fingerprint density at radius 3 is 2.00 bits per heavy atom. The third-order valence-electron chi connectivity index (χ3n) is 4.04. The van der Waals surface area contributed by atoms with Crippen molar-refractivity contribution in [1.82, 2.24) is 0 Å². The minimum atomic E-state index is -3.61. The standard InChI is InChI=1S/C21H17IO2S/c1-16(25(23,24)21-10-6-5-9-20(21)15-22)17-11-13-19(14-12-17)18-7-3-2-4-8-18/h2-14H,1,15H2.